The molecule has 0 bridgehead atoms. The molecule has 0 aliphatic heterocycles. The van der Waals surface area contributed by atoms with E-state index in [0.717, 1.165) is 41.5 Å². The van der Waals surface area contributed by atoms with Crippen LogP contribution in [0.25, 0.3) is 0 Å². The largest absolute Gasteiger partial charge is 0.392 e. The van der Waals surface area contributed by atoms with E-state index in [9.17, 15) is 9.50 Å². The lowest BCUT2D eigenvalue weighted by molar-refractivity contribution is 0.282. The lowest BCUT2D eigenvalue weighted by Gasteiger charge is -2.22. The van der Waals surface area contributed by atoms with Gasteiger partial charge in [-0.1, -0.05) is 50.2 Å². The van der Waals surface area contributed by atoms with Gasteiger partial charge < -0.3 is 10.0 Å². The van der Waals surface area contributed by atoms with Crippen LogP contribution in [-0.4, -0.2) is 16.6 Å². The monoisotopic (exact) mass is 384 g/mol. The fourth-order valence-corrected chi connectivity index (χ4v) is 3.83. The van der Waals surface area contributed by atoms with E-state index in [4.69, 9.17) is 4.98 Å². The molecule has 142 valence electrons. The van der Waals surface area contributed by atoms with Crippen molar-refractivity contribution >= 4 is 16.5 Å². The van der Waals surface area contributed by atoms with Crippen LogP contribution in [-0.2, 0) is 19.6 Å². The van der Waals surface area contributed by atoms with Gasteiger partial charge in [-0.3, -0.25) is 0 Å². The van der Waals surface area contributed by atoms with Gasteiger partial charge in [-0.25, -0.2) is 9.37 Å². The zero-order chi connectivity index (χ0) is 19.2. The molecule has 3 rings (SSSR count). The summed E-state index contributed by atoms with van der Waals surface area (Å²) in [4.78, 5) is 7.08. The highest BCUT2D eigenvalue weighted by Crippen LogP contribution is 2.26. The average molecular weight is 385 g/mol. The number of aromatic nitrogens is 1. The van der Waals surface area contributed by atoms with Crippen molar-refractivity contribution in [1.29, 1.82) is 0 Å². The molecule has 1 heterocycles. The highest BCUT2D eigenvalue weighted by atomic mass is 32.1. The van der Waals surface area contributed by atoms with Crippen molar-refractivity contribution in [2.75, 3.05) is 11.4 Å². The number of aliphatic hydroxyl groups excluding tert-OH is 1. The first-order chi connectivity index (χ1) is 13.0. The van der Waals surface area contributed by atoms with Gasteiger partial charge in [0.25, 0.3) is 0 Å². The topological polar surface area (TPSA) is 36.4 Å². The molecule has 0 aliphatic rings. The van der Waals surface area contributed by atoms with Crippen LogP contribution in [0.15, 0.2) is 53.9 Å². The Morgan fingerprint density at radius 1 is 1.00 bits per heavy atom. The van der Waals surface area contributed by atoms with E-state index in [0.29, 0.717) is 5.92 Å². The van der Waals surface area contributed by atoms with E-state index in [1.54, 1.807) is 11.3 Å². The standard InChI is InChI=1S/C22H25FN2OS/c1-16(2)21-15-27-22(24-21)25(12-11-17-7-9-20(23)10-8-17)13-18-3-5-19(14-26)6-4-18/h3-10,15-16,26H,11-14H2,1-2H3. The molecule has 27 heavy (non-hydrogen) atoms. The van der Waals surface area contributed by atoms with E-state index >= 15 is 0 Å². The normalized spacial score (nSPS) is 11.1. The summed E-state index contributed by atoms with van der Waals surface area (Å²) in [5.74, 6) is 0.193. The van der Waals surface area contributed by atoms with Gasteiger partial charge in [-0.05, 0) is 41.2 Å². The molecular formula is C22H25FN2OS. The number of hydrogen-bond acceptors (Lipinski definition) is 4. The predicted octanol–water partition coefficient (Wildman–Crippen LogP) is 5.15. The summed E-state index contributed by atoms with van der Waals surface area (Å²) in [6.45, 7) is 5.90. The van der Waals surface area contributed by atoms with E-state index < -0.39 is 0 Å². The van der Waals surface area contributed by atoms with Crippen LogP contribution in [0.5, 0.6) is 0 Å². The van der Waals surface area contributed by atoms with Gasteiger partial charge in [0, 0.05) is 18.5 Å². The number of thiazole rings is 1. The molecule has 0 spiro atoms. The van der Waals surface area contributed by atoms with Crippen molar-refractivity contribution in [1.82, 2.24) is 4.98 Å². The molecule has 5 heteroatoms. The van der Waals surface area contributed by atoms with Crippen LogP contribution >= 0.6 is 11.3 Å². The first-order valence-electron chi connectivity index (χ1n) is 9.18. The van der Waals surface area contributed by atoms with Crippen molar-refractivity contribution in [3.8, 4) is 0 Å². The minimum Gasteiger partial charge on any atom is -0.392 e. The molecule has 1 aromatic heterocycles. The summed E-state index contributed by atoms with van der Waals surface area (Å²) in [6, 6.07) is 14.7. The molecule has 0 radical (unpaired) electrons. The van der Waals surface area contributed by atoms with Crippen LogP contribution in [0.4, 0.5) is 9.52 Å². The van der Waals surface area contributed by atoms with Gasteiger partial charge in [-0.15, -0.1) is 11.3 Å². The first kappa shape index (κ1) is 19.5. The highest BCUT2D eigenvalue weighted by Gasteiger charge is 2.14. The van der Waals surface area contributed by atoms with Gasteiger partial charge in [0.05, 0.1) is 12.3 Å². The second-order valence-electron chi connectivity index (χ2n) is 6.98. The lowest BCUT2D eigenvalue weighted by atomic mass is 10.1. The zero-order valence-electron chi connectivity index (χ0n) is 15.7. The summed E-state index contributed by atoms with van der Waals surface area (Å²) < 4.78 is 13.1. The Morgan fingerprint density at radius 3 is 2.22 bits per heavy atom. The summed E-state index contributed by atoms with van der Waals surface area (Å²) >= 11 is 1.67. The molecule has 0 fully saturated rings. The van der Waals surface area contributed by atoms with Gasteiger partial charge in [0.15, 0.2) is 5.13 Å². The van der Waals surface area contributed by atoms with Gasteiger partial charge in [0.1, 0.15) is 5.82 Å². The molecule has 3 nitrogen and oxygen atoms in total. The minimum atomic E-state index is -0.207. The minimum absolute atomic E-state index is 0.0544. The molecule has 0 saturated heterocycles. The molecule has 0 unspecified atom stereocenters. The molecule has 3 aromatic rings. The van der Waals surface area contributed by atoms with E-state index in [1.807, 2.05) is 36.4 Å². The third kappa shape index (κ3) is 5.37. The van der Waals surface area contributed by atoms with Crippen LogP contribution in [0.3, 0.4) is 0 Å². The maximum Gasteiger partial charge on any atom is 0.185 e. The number of halogens is 1. The third-order valence-corrected chi connectivity index (χ3v) is 5.45. The van der Waals surface area contributed by atoms with Crippen molar-refractivity contribution in [2.45, 2.75) is 39.3 Å². The lowest BCUT2D eigenvalue weighted by Crippen LogP contribution is -2.25. The van der Waals surface area contributed by atoms with E-state index in [-0.39, 0.29) is 12.4 Å². The van der Waals surface area contributed by atoms with E-state index in [2.05, 4.69) is 24.1 Å². The smallest absolute Gasteiger partial charge is 0.185 e. The van der Waals surface area contributed by atoms with E-state index in [1.165, 1.54) is 17.7 Å². The number of benzene rings is 2. The quantitative estimate of drug-likeness (QED) is 0.584. The first-order valence-corrected chi connectivity index (χ1v) is 10.1. The van der Waals surface area contributed by atoms with Crippen molar-refractivity contribution in [3.63, 3.8) is 0 Å². The molecular weight excluding hydrogens is 359 g/mol. The Kier molecular flexibility index (Phi) is 6.58. The summed E-state index contributed by atoms with van der Waals surface area (Å²) in [6.07, 6.45) is 0.825. The number of nitrogens with zero attached hydrogens (tertiary/aromatic N) is 2. The summed E-state index contributed by atoms with van der Waals surface area (Å²) in [7, 11) is 0. The number of rotatable bonds is 8. The third-order valence-electron chi connectivity index (χ3n) is 4.53. The maximum atomic E-state index is 13.1. The number of aliphatic hydroxyl groups is 1. The van der Waals surface area contributed by atoms with Crippen molar-refractivity contribution < 1.29 is 9.50 Å². The van der Waals surface area contributed by atoms with Gasteiger partial charge >= 0.3 is 0 Å². The fraction of sp³-hybridized carbons (Fsp3) is 0.318. The molecule has 0 saturated carbocycles. The Balaban J connectivity index is 1.77. The fourth-order valence-electron chi connectivity index (χ4n) is 2.81. The Bertz CT molecular complexity index is 844. The summed E-state index contributed by atoms with van der Waals surface area (Å²) in [5.41, 5.74) is 4.30. The van der Waals surface area contributed by atoms with Crippen molar-refractivity contribution in [2.24, 2.45) is 0 Å². The molecule has 1 N–H and O–H groups in total. The van der Waals surface area contributed by atoms with Crippen LogP contribution in [0.2, 0.25) is 0 Å². The molecule has 0 atom stereocenters. The highest BCUT2D eigenvalue weighted by molar-refractivity contribution is 7.13. The zero-order valence-corrected chi connectivity index (χ0v) is 16.5. The Morgan fingerprint density at radius 2 is 1.63 bits per heavy atom. The molecule has 0 aliphatic carbocycles. The van der Waals surface area contributed by atoms with Crippen molar-refractivity contribution in [3.05, 3.63) is 82.1 Å². The molecule has 0 amide bonds. The number of anilines is 1. The average Bonchev–Trinajstić information content (AvgIpc) is 3.17. The van der Waals surface area contributed by atoms with Gasteiger partial charge in [0.2, 0.25) is 0 Å². The Labute approximate surface area is 164 Å². The van der Waals surface area contributed by atoms with Crippen LogP contribution < -0.4 is 4.90 Å². The Hall–Kier alpha value is -2.24. The second-order valence-corrected chi connectivity index (χ2v) is 7.82. The summed E-state index contributed by atoms with van der Waals surface area (Å²) in [5, 5.41) is 12.4. The predicted molar refractivity (Wildman–Crippen MR) is 110 cm³/mol. The maximum absolute atomic E-state index is 13.1. The van der Waals surface area contributed by atoms with Crippen LogP contribution in [0, 0.1) is 5.82 Å². The second kappa shape index (κ2) is 9.11. The van der Waals surface area contributed by atoms with Crippen LogP contribution in [0.1, 0.15) is 42.1 Å². The molecule has 2 aromatic carbocycles. The number of hydrogen-bond donors (Lipinski definition) is 1. The SMILES string of the molecule is CC(C)c1csc(N(CCc2ccc(F)cc2)Cc2ccc(CO)cc2)n1. The van der Waals surface area contributed by atoms with Gasteiger partial charge in [-0.2, -0.15) is 0 Å².